The minimum Gasteiger partial charge on any atom is -0.409 e. The summed E-state index contributed by atoms with van der Waals surface area (Å²) in [7, 11) is 0. The minimum absolute atomic E-state index is 0.350. The molecule has 0 aromatic heterocycles. The fraction of sp³-hybridized carbons (Fsp3) is 0.417. The Morgan fingerprint density at radius 3 is 2.94 bits per heavy atom. The van der Waals surface area contributed by atoms with Crippen LogP contribution in [0, 0.1) is 0 Å². The van der Waals surface area contributed by atoms with Crippen molar-refractivity contribution in [2.75, 3.05) is 13.1 Å². The van der Waals surface area contributed by atoms with Gasteiger partial charge in [0.25, 0.3) is 0 Å². The Bertz CT molecular complexity index is 410. The van der Waals surface area contributed by atoms with Gasteiger partial charge in [-0.3, -0.25) is 0 Å². The van der Waals surface area contributed by atoms with Gasteiger partial charge in [0.1, 0.15) is 5.75 Å². The molecule has 0 radical (unpaired) electrons. The van der Waals surface area contributed by atoms with Gasteiger partial charge >= 0.3 is 6.09 Å². The van der Waals surface area contributed by atoms with Gasteiger partial charge in [0, 0.05) is 13.1 Å². The van der Waals surface area contributed by atoms with Gasteiger partial charge in [-0.15, -0.1) is 0 Å². The van der Waals surface area contributed by atoms with Crippen molar-refractivity contribution < 1.29 is 14.6 Å². The van der Waals surface area contributed by atoms with Crippen LogP contribution in [-0.2, 0) is 0 Å². The number of benzene rings is 1. The van der Waals surface area contributed by atoms with Gasteiger partial charge in [0.2, 0.25) is 0 Å². The second-order valence-corrected chi connectivity index (χ2v) is 4.89. The normalized spacial score (nSPS) is 20.1. The Kier molecular flexibility index (Phi) is 4.02. The lowest BCUT2D eigenvalue weighted by molar-refractivity contribution is 0.0690. The Balaban J connectivity index is 1.99. The van der Waals surface area contributed by atoms with E-state index in [0.717, 1.165) is 17.3 Å². The Labute approximate surface area is 108 Å². The van der Waals surface area contributed by atoms with Crippen molar-refractivity contribution >= 4 is 22.0 Å². The summed E-state index contributed by atoms with van der Waals surface area (Å²) in [6.45, 7) is 0.990. The molecule has 0 aliphatic carbocycles. The number of halogens is 1. The van der Waals surface area contributed by atoms with E-state index in [4.69, 9.17) is 4.74 Å². The van der Waals surface area contributed by atoms with E-state index in [1.807, 2.05) is 12.1 Å². The Morgan fingerprint density at radius 1 is 1.47 bits per heavy atom. The molecule has 1 aliphatic rings. The summed E-state index contributed by atoms with van der Waals surface area (Å²) < 4.78 is 6.00. The smallest absolute Gasteiger partial charge is 0.409 e. The number of aliphatic hydroxyl groups excluding tert-OH is 1. The predicted octanol–water partition coefficient (Wildman–Crippen LogP) is 2.40. The number of rotatable bonds is 1. The van der Waals surface area contributed by atoms with Crippen LogP contribution in [0.4, 0.5) is 4.79 Å². The van der Waals surface area contributed by atoms with Gasteiger partial charge in [-0.25, -0.2) is 4.79 Å². The van der Waals surface area contributed by atoms with Crippen LogP contribution in [0.3, 0.4) is 0 Å². The van der Waals surface area contributed by atoms with Crippen LogP contribution in [0.1, 0.15) is 12.8 Å². The van der Waals surface area contributed by atoms with E-state index in [-0.39, 0.29) is 0 Å². The van der Waals surface area contributed by atoms with Crippen LogP contribution in [-0.4, -0.2) is 35.3 Å². The molecule has 0 saturated carbocycles. The molecule has 1 aromatic rings. The summed E-state index contributed by atoms with van der Waals surface area (Å²) in [5.74, 6) is 0.498. The number of nitrogens with zero attached hydrogens (tertiary/aromatic N) is 1. The van der Waals surface area contributed by atoms with Crippen LogP contribution < -0.4 is 4.74 Å². The van der Waals surface area contributed by atoms with Crippen molar-refractivity contribution in [2.24, 2.45) is 0 Å². The van der Waals surface area contributed by atoms with Crippen molar-refractivity contribution in [3.8, 4) is 5.75 Å². The number of para-hydroxylation sites is 1. The lowest BCUT2D eigenvalue weighted by atomic mass is 10.1. The third-order valence-corrected chi connectivity index (χ3v) is 3.34. The van der Waals surface area contributed by atoms with E-state index >= 15 is 0 Å². The van der Waals surface area contributed by atoms with E-state index < -0.39 is 12.2 Å². The first-order valence-corrected chi connectivity index (χ1v) is 6.35. The molecule has 5 heteroatoms. The number of hydrogen-bond donors (Lipinski definition) is 1. The maximum Gasteiger partial charge on any atom is 0.415 e. The van der Waals surface area contributed by atoms with E-state index in [0.29, 0.717) is 18.8 Å². The van der Waals surface area contributed by atoms with Gasteiger partial charge in [0.05, 0.1) is 10.6 Å². The summed E-state index contributed by atoms with van der Waals surface area (Å²) in [5, 5.41) is 9.49. The molecule has 0 spiro atoms. The van der Waals surface area contributed by atoms with Gasteiger partial charge in [0.15, 0.2) is 0 Å². The number of hydrogen-bond acceptors (Lipinski definition) is 3. The quantitative estimate of drug-likeness (QED) is 0.866. The standard InChI is InChI=1S/C12H14BrNO3/c13-10-5-1-2-6-11(10)17-12(16)14-7-3-4-9(15)8-14/h1-2,5-6,9,15H,3-4,7-8H2. The zero-order valence-electron chi connectivity index (χ0n) is 9.30. The molecule has 1 atom stereocenters. The summed E-state index contributed by atoms with van der Waals surface area (Å²) >= 11 is 3.32. The molecule has 2 rings (SSSR count). The topological polar surface area (TPSA) is 49.8 Å². The first kappa shape index (κ1) is 12.4. The van der Waals surface area contributed by atoms with Crippen LogP contribution in [0.2, 0.25) is 0 Å². The van der Waals surface area contributed by atoms with Crippen LogP contribution in [0.15, 0.2) is 28.7 Å². The number of ether oxygens (including phenoxy) is 1. The average Bonchev–Trinajstić information content (AvgIpc) is 2.32. The average molecular weight is 300 g/mol. The summed E-state index contributed by atoms with van der Waals surface area (Å²) in [4.78, 5) is 13.4. The second-order valence-electron chi connectivity index (χ2n) is 4.04. The van der Waals surface area contributed by atoms with Crippen molar-refractivity contribution in [1.29, 1.82) is 0 Å². The second kappa shape index (κ2) is 5.51. The number of aliphatic hydroxyl groups is 1. The molecule has 17 heavy (non-hydrogen) atoms. The van der Waals surface area contributed by atoms with Gasteiger partial charge in [-0.05, 0) is 40.9 Å². The fourth-order valence-corrected chi connectivity index (χ4v) is 2.17. The third kappa shape index (κ3) is 3.20. The number of likely N-dealkylation sites (tertiary alicyclic amines) is 1. The molecule has 92 valence electrons. The van der Waals surface area contributed by atoms with E-state index in [1.54, 1.807) is 12.1 Å². The van der Waals surface area contributed by atoms with Crippen molar-refractivity contribution in [3.63, 3.8) is 0 Å². The highest BCUT2D eigenvalue weighted by Crippen LogP contribution is 2.24. The zero-order chi connectivity index (χ0) is 12.3. The van der Waals surface area contributed by atoms with Crippen LogP contribution in [0.25, 0.3) is 0 Å². The van der Waals surface area contributed by atoms with Crippen molar-refractivity contribution in [1.82, 2.24) is 4.90 Å². The number of carbonyl (C=O) groups excluding carboxylic acids is 1. The van der Waals surface area contributed by atoms with Gasteiger partial charge in [-0.1, -0.05) is 12.1 Å². The molecule has 0 bridgehead atoms. The van der Waals surface area contributed by atoms with E-state index in [1.165, 1.54) is 4.90 Å². The highest BCUT2D eigenvalue weighted by atomic mass is 79.9. The Hall–Kier alpha value is -1.07. The highest BCUT2D eigenvalue weighted by molar-refractivity contribution is 9.10. The lowest BCUT2D eigenvalue weighted by Gasteiger charge is -2.29. The van der Waals surface area contributed by atoms with Crippen molar-refractivity contribution in [2.45, 2.75) is 18.9 Å². The SMILES string of the molecule is O=C(Oc1ccccc1Br)N1CCCC(O)C1. The van der Waals surface area contributed by atoms with E-state index in [2.05, 4.69) is 15.9 Å². The summed E-state index contributed by atoms with van der Waals surface area (Å²) in [6, 6.07) is 7.19. The maximum atomic E-state index is 11.8. The van der Waals surface area contributed by atoms with Crippen molar-refractivity contribution in [3.05, 3.63) is 28.7 Å². The minimum atomic E-state index is -0.435. The summed E-state index contributed by atoms with van der Waals surface area (Å²) in [5.41, 5.74) is 0. The highest BCUT2D eigenvalue weighted by Gasteiger charge is 2.23. The van der Waals surface area contributed by atoms with Crippen LogP contribution >= 0.6 is 15.9 Å². The first-order chi connectivity index (χ1) is 8.16. The van der Waals surface area contributed by atoms with Crippen LogP contribution in [0.5, 0.6) is 5.75 Å². The number of carbonyl (C=O) groups is 1. The molecule has 4 nitrogen and oxygen atoms in total. The summed E-state index contributed by atoms with van der Waals surface area (Å²) in [6.07, 6.45) is 0.719. The molecular formula is C12H14BrNO3. The molecular weight excluding hydrogens is 286 g/mol. The number of β-amino-alcohol motifs (C(OH)–C–C–N with tert-alkyl or cyclic N) is 1. The molecule has 1 aliphatic heterocycles. The van der Waals surface area contributed by atoms with Gasteiger partial charge < -0.3 is 14.7 Å². The third-order valence-electron chi connectivity index (χ3n) is 2.69. The molecule has 1 N–H and O–H groups in total. The first-order valence-electron chi connectivity index (χ1n) is 5.56. The fourth-order valence-electron chi connectivity index (χ4n) is 1.81. The largest absolute Gasteiger partial charge is 0.415 e. The molecule has 1 saturated heterocycles. The zero-order valence-corrected chi connectivity index (χ0v) is 10.9. The number of amides is 1. The molecule has 1 heterocycles. The molecule has 1 fully saturated rings. The lowest BCUT2D eigenvalue weighted by Crippen LogP contribution is -2.43. The monoisotopic (exact) mass is 299 g/mol. The predicted molar refractivity (Wildman–Crippen MR) is 67.0 cm³/mol. The molecule has 1 amide bonds. The molecule has 1 aromatic carbocycles. The van der Waals surface area contributed by atoms with E-state index in [9.17, 15) is 9.90 Å². The maximum absolute atomic E-state index is 11.8. The Morgan fingerprint density at radius 2 is 2.24 bits per heavy atom. The number of piperidine rings is 1. The molecule has 1 unspecified atom stereocenters. The van der Waals surface area contributed by atoms with Gasteiger partial charge in [-0.2, -0.15) is 0 Å².